The molecule has 4 nitrogen and oxygen atoms in total. The number of carbonyl (C=O) groups is 1. The molecular formula is C6H7NO3. The zero-order chi connectivity index (χ0) is 7.40. The van der Waals surface area contributed by atoms with Crippen molar-refractivity contribution in [1.82, 2.24) is 5.32 Å². The van der Waals surface area contributed by atoms with Gasteiger partial charge in [0.15, 0.2) is 0 Å². The van der Waals surface area contributed by atoms with E-state index in [0.29, 0.717) is 0 Å². The average molecular weight is 141 g/mol. The van der Waals surface area contributed by atoms with Gasteiger partial charge in [0.2, 0.25) is 5.76 Å². The highest BCUT2D eigenvalue weighted by atomic mass is 16.5. The smallest absolute Gasteiger partial charge is 0.290 e. The van der Waals surface area contributed by atoms with E-state index in [4.69, 9.17) is 4.74 Å². The monoisotopic (exact) mass is 141 g/mol. The Morgan fingerprint density at radius 3 is 2.90 bits per heavy atom. The molecule has 4 heteroatoms. The lowest BCUT2D eigenvalue weighted by atomic mass is 10.5. The fourth-order valence-electron chi connectivity index (χ4n) is 0.492. The standard InChI is InChI=1S/C6H7NO3/c1-7-6(8)5-4-9-2-3-10-5/h2-4H,1H3,(H,7,8). The van der Waals surface area contributed by atoms with Crippen LogP contribution in [-0.4, -0.2) is 13.0 Å². The lowest BCUT2D eigenvalue weighted by molar-refractivity contribution is -0.119. The number of amides is 1. The van der Waals surface area contributed by atoms with Crippen LogP contribution in [0.4, 0.5) is 0 Å². The molecule has 0 unspecified atom stereocenters. The molecule has 0 aromatic rings. The highest BCUT2D eigenvalue weighted by Gasteiger charge is 2.09. The first-order valence-electron chi connectivity index (χ1n) is 2.74. The molecule has 0 spiro atoms. The molecule has 0 bridgehead atoms. The number of ether oxygens (including phenoxy) is 2. The normalized spacial score (nSPS) is 14.7. The summed E-state index contributed by atoms with van der Waals surface area (Å²) in [5.41, 5.74) is 0. The van der Waals surface area contributed by atoms with Gasteiger partial charge < -0.3 is 14.8 Å². The average Bonchev–Trinajstić information content (AvgIpc) is 2.05. The highest BCUT2D eigenvalue weighted by molar-refractivity contribution is 5.91. The maximum Gasteiger partial charge on any atom is 0.290 e. The fourth-order valence-corrected chi connectivity index (χ4v) is 0.492. The molecule has 0 saturated carbocycles. The minimum atomic E-state index is -0.302. The Morgan fingerprint density at radius 2 is 2.40 bits per heavy atom. The summed E-state index contributed by atoms with van der Waals surface area (Å²) in [5.74, 6) is -0.144. The second-order valence-corrected chi connectivity index (χ2v) is 1.59. The van der Waals surface area contributed by atoms with Crippen LogP contribution >= 0.6 is 0 Å². The number of hydrogen-bond acceptors (Lipinski definition) is 3. The molecule has 1 aliphatic heterocycles. The number of carbonyl (C=O) groups excluding carboxylic acids is 1. The molecule has 10 heavy (non-hydrogen) atoms. The SMILES string of the molecule is CNC(=O)C1=COC=CO1. The van der Waals surface area contributed by atoms with E-state index in [1.54, 1.807) is 0 Å². The van der Waals surface area contributed by atoms with Gasteiger partial charge >= 0.3 is 0 Å². The van der Waals surface area contributed by atoms with Crippen LogP contribution in [0, 0.1) is 0 Å². The molecule has 1 rings (SSSR count). The summed E-state index contributed by atoms with van der Waals surface area (Å²) in [5, 5.41) is 2.39. The Kier molecular flexibility index (Phi) is 1.94. The molecule has 1 N–H and O–H groups in total. The first-order chi connectivity index (χ1) is 4.84. The summed E-state index contributed by atoms with van der Waals surface area (Å²) >= 11 is 0. The summed E-state index contributed by atoms with van der Waals surface area (Å²) in [6, 6.07) is 0. The Hall–Kier alpha value is -1.45. The summed E-state index contributed by atoms with van der Waals surface area (Å²) in [7, 11) is 1.52. The molecule has 1 amide bonds. The third-order valence-electron chi connectivity index (χ3n) is 0.955. The molecule has 1 heterocycles. The Balaban J connectivity index is 2.56. The number of hydrogen-bond donors (Lipinski definition) is 1. The van der Waals surface area contributed by atoms with E-state index < -0.39 is 0 Å². The van der Waals surface area contributed by atoms with E-state index in [2.05, 4.69) is 10.1 Å². The number of rotatable bonds is 1. The van der Waals surface area contributed by atoms with Gasteiger partial charge in [-0.15, -0.1) is 0 Å². The van der Waals surface area contributed by atoms with Crippen LogP contribution in [0.2, 0.25) is 0 Å². The van der Waals surface area contributed by atoms with Crippen LogP contribution in [0.5, 0.6) is 0 Å². The number of nitrogens with one attached hydrogen (secondary N) is 1. The quantitative estimate of drug-likeness (QED) is 0.563. The first kappa shape index (κ1) is 6.67. The van der Waals surface area contributed by atoms with Crippen molar-refractivity contribution in [2.24, 2.45) is 0 Å². The van der Waals surface area contributed by atoms with Crippen molar-refractivity contribution >= 4 is 5.91 Å². The van der Waals surface area contributed by atoms with Crippen molar-refractivity contribution in [2.75, 3.05) is 7.05 Å². The third-order valence-corrected chi connectivity index (χ3v) is 0.955. The van der Waals surface area contributed by atoms with Crippen molar-refractivity contribution in [3.63, 3.8) is 0 Å². The molecule has 0 fully saturated rings. The van der Waals surface area contributed by atoms with E-state index in [1.807, 2.05) is 0 Å². The van der Waals surface area contributed by atoms with Crippen LogP contribution in [0.1, 0.15) is 0 Å². The zero-order valence-electron chi connectivity index (χ0n) is 5.46. The Labute approximate surface area is 58.1 Å². The molecule has 0 atom stereocenters. The molecule has 0 aliphatic carbocycles. The second kappa shape index (κ2) is 2.91. The van der Waals surface area contributed by atoms with Crippen molar-refractivity contribution in [3.05, 3.63) is 24.5 Å². The van der Waals surface area contributed by atoms with Gasteiger partial charge in [0.25, 0.3) is 5.91 Å². The lowest BCUT2D eigenvalue weighted by Crippen LogP contribution is -2.21. The third kappa shape index (κ3) is 1.28. The van der Waals surface area contributed by atoms with Crippen LogP contribution < -0.4 is 5.32 Å². The maximum absolute atomic E-state index is 10.7. The van der Waals surface area contributed by atoms with E-state index in [1.165, 1.54) is 25.8 Å². The van der Waals surface area contributed by atoms with Gasteiger partial charge in [-0.2, -0.15) is 0 Å². The topological polar surface area (TPSA) is 47.6 Å². The van der Waals surface area contributed by atoms with Gasteiger partial charge in [0.1, 0.15) is 18.8 Å². The summed E-state index contributed by atoms with van der Waals surface area (Å²) < 4.78 is 9.45. The van der Waals surface area contributed by atoms with Crippen molar-refractivity contribution in [1.29, 1.82) is 0 Å². The van der Waals surface area contributed by atoms with Crippen LogP contribution in [-0.2, 0) is 14.3 Å². The van der Waals surface area contributed by atoms with E-state index in [9.17, 15) is 4.79 Å². The van der Waals surface area contributed by atoms with Crippen LogP contribution in [0.15, 0.2) is 24.5 Å². The van der Waals surface area contributed by atoms with E-state index >= 15 is 0 Å². The van der Waals surface area contributed by atoms with Gasteiger partial charge in [-0.05, 0) is 0 Å². The summed E-state index contributed by atoms with van der Waals surface area (Å²) in [6.07, 6.45) is 3.87. The lowest BCUT2D eigenvalue weighted by Gasteiger charge is -2.06. The zero-order valence-corrected chi connectivity index (χ0v) is 5.46. The largest absolute Gasteiger partial charge is 0.465 e. The molecule has 1 aliphatic rings. The van der Waals surface area contributed by atoms with E-state index in [-0.39, 0.29) is 11.7 Å². The summed E-state index contributed by atoms with van der Waals surface area (Å²) in [6.45, 7) is 0. The molecule has 0 radical (unpaired) electrons. The van der Waals surface area contributed by atoms with Gasteiger partial charge in [-0.3, -0.25) is 4.79 Å². The minimum absolute atomic E-state index is 0.157. The van der Waals surface area contributed by atoms with Crippen molar-refractivity contribution in [3.8, 4) is 0 Å². The fraction of sp³-hybridized carbons (Fsp3) is 0.167. The summed E-state index contributed by atoms with van der Waals surface area (Å²) in [4.78, 5) is 10.7. The molecule has 0 aromatic carbocycles. The predicted molar refractivity (Wildman–Crippen MR) is 33.5 cm³/mol. The van der Waals surface area contributed by atoms with E-state index in [0.717, 1.165) is 0 Å². The Bertz CT molecular complexity index is 195. The van der Waals surface area contributed by atoms with Gasteiger partial charge in [-0.25, -0.2) is 0 Å². The van der Waals surface area contributed by atoms with Gasteiger partial charge in [0, 0.05) is 7.05 Å². The minimum Gasteiger partial charge on any atom is -0.465 e. The van der Waals surface area contributed by atoms with Crippen molar-refractivity contribution < 1.29 is 14.3 Å². The Morgan fingerprint density at radius 1 is 1.60 bits per heavy atom. The highest BCUT2D eigenvalue weighted by Crippen LogP contribution is 2.03. The van der Waals surface area contributed by atoms with Crippen LogP contribution in [0.3, 0.4) is 0 Å². The van der Waals surface area contributed by atoms with Gasteiger partial charge in [-0.1, -0.05) is 0 Å². The maximum atomic E-state index is 10.7. The van der Waals surface area contributed by atoms with Gasteiger partial charge in [0.05, 0.1) is 0 Å². The molecule has 0 aromatic heterocycles. The van der Waals surface area contributed by atoms with Crippen LogP contribution in [0.25, 0.3) is 0 Å². The first-order valence-corrected chi connectivity index (χ1v) is 2.74. The molecule has 0 saturated heterocycles. The molecular weight excluding hydrogens is 134 g/mol. The second-order valence-electron chi connectivity index (χ2n) is 1.59. The predicted octanol–water partition coefficient (Wildman–Crippen LogP) is 0.0918. The van der Waals surface area contributed by atoms with Crippen molar-refractivity contribution in [2.45, 2.75) is 0 Å². The molecule has 54 valence electrons. The number of likely N-dealkylation sites (N-methyl/N-ethyl adjacent to an activating group) is 1.